The van der Waals surface area contributed by atoms with E-state index in [1.54, 1.807) is 0 Å². The molecule has 1 heterocycles. The number of hydrogen-bond acceptors (Lipinski definition) is 11. The molecule has 3 rings (SSSR count). The lowest BCUT2D eigenvalue weighted by Crippen LogP contribution is -2.16. The number of fused-ring (bicyclic) bond motifs is 3. The predicted molar refractivity (Wildman–Crippen MR) is 106 cm³/mol. The Kier molecular flexibility index (Phi) is 5.37. The van der Waals surface area contributed by atoms with Gasteiger partial charge in [-0.3, -0.25) is 15.1 Å². The summed E-state index contributed by atoms with van der Waals surface area (Å²) in [7, 11) is -8.59. The molecule has 0 amide bonds. The lowest BCUT2D eigenvalue weighted by Gasteiger charge is -2.12. The molecule has 2 aromatic carbocycles. The first-order valence-corrected chi connectivity index (χ1v) is 11.8. The molecule has 0 saturated heterocycles. The lowest BCUT2D eigenvalue weighted by atomic mass is 9.95. The average Bonchev–Trinajstić information content (AvgIpc) is 2.63. The topological polar surface area (TPSA) is 177 Å². The van der Waals surface area contributed by atoms with Crippen LogP contribution in [-0.2, 0) is 28.6 Å². The molecule has 3 aromatic rings. The van der Waals surface area contributed by atoms with Crippen LogP contribution in [0.4, 0.5) is 5.69 Å². The predicted octanol–water partition coefficient (Wildman–Crippen LogP) is 1.53. The van der Waals surface area contributed by atoms with Crippen LogP contribution in [0.25, 0.3) is 21.7 Å². The first-order valence-electron chi connectivity index (χ1n) is 8.14. The van der Waals surface area contributed by atoms with Crippen molar-refractivity contribution >= 4 is 59.5 Å². The van der Waals surface area contributed by atoms with Crippen LogP contribution in [0.5, 0.6) is 0 Å². The van der Waals surface area contributed by atoms with Gasteiger partial charge in [0, 0.05) is 29.1 Å². The summed E-state index contributed by atoms with van der Waals surface area (Å²) in [6, 6.07) is 5.85. The Labute approximate surface area is 174 Å². The van der Waals surface area contributed by atoms with Crippen LogP contribution in [0.15, 0.2) is 36.5 Å². The summed E-state index contributed by atoms with van der Waals surface area (Å²) in [5.74, 6) is -2.91. The summed E-state index contributed by atoms with van der Waals surface area (Å²) in [5.41, 5.74) is -1.60. The maximum Gasteiger partial charge on any atom is 0.354 e. The van der Waals surface area contributed by atoms with Gasteiger partial charge in [0.15, 0.2) is 0 Å². The van der Waals surface area contributed by atoms with E-state index in [0.29, 0.717) is 12.5 Å². The minimum absolute atomic E-state index is 0.0410. The SMILES string of the molecule is CS(=O)(=O)OC(=O)c1cc([N+](=O)[O-])cc2c1c(C(=O)OS(C)(=O)=O)cc1ncccc12. The molecule has 0 aliphatic heterocycles. The number of benzene rings is 2. The van der Waals surface area contributed by atoms with Crippen LogP contribution in [-0.4, -0.2) is 51.2 Å². The van der Waals surface area contributed by atoms with E-state index in [2.05, 4.69) is 13.4 Å². The van der Waals surface area contributed by atoms with Gasteiger partial charge in [0.2, 0.25) is 0 Å². The van der Waals surface area contributed by atoms with Gasteiger partial charge in [0.25, 0.3) is 5.69 Å². The Morgan fingerprint density at radius 3 is 2.00 bits per heavy atom. The van der Waals surface area contributed by atoms with Crippen LogP contribution >= 0.6 is 0 Å². The van der Waals surface area contributed by atoms with Gasteiger partial charge in [-0.2, -0.15) is 16.8 Å². The fourth-order valence-corrected chi connectivity index (χ4v) is 3.62. The Bertz CT molecular complexity index is 1490. The highest BCUT2D eigenvalue weighted by Crippen LogP contribution is 2.35. The minimum Gasteiger partial charge on any atom is -0.341 e. The maximum absolute atomic E-state index is 12.6. The van der Waals surface area contributed by atoms with E-state index >= 15 is 0 Å². The molecule has 0 spiro atoms. The molecule has 0 radical (unpaired) electrons. The molecule has 12 nitrogen and oxygen atoms in total. The summed E-state index contributed by atoms with van der Waals surface area (Å²) < 4.78 is 54.5. The van der Waals surface area contributed by atoms with Crippen molar-refractivity contribution in [2.24, 2.45) is 0 Å². The monoisotopic (exact) mass is 468 g/mol. The van der Waals surface area contributed by atoms with Crippen molar-refractivity contribution in [1.82, 2.24) is 4.98 Å². The molecule has 0 unspecified atom stereocenters. The second-order valence-electron chi connectivity index (χ2n) is 6.32. The number of hydrogen-bond donors (Lipinski definition) is 0. The summed E-state index contributed by atoms with van der Waals surface area (Å²) in [5, 5.41) is 11.3. The highest BCUT2D eigenvalue weighted by atomic mass is 32.2. The van der Waals surface area contributed by atoms with E-state index in [4.69, 9.17) is 0 Å². The molecule has 14 heteroatoms. The van der Waals surface area contributed by atoms with E-state index in [9.17, 15) is 36.5 Å². The van der Waals surface area contributed by atoms with Gasteiger partial charge in [-0.15, -0.1) is 0 Å². The highest BCUT2D eigenvalue weighted by Gasteiger charge is 2.28. The number of nitrogens with zero attached hydrogens (tertiary/aromatic N) is 2. The third-order valence-electron chi connectivity index (χ3n) is 3.91. The molecule has 31 heavy (non-hydrogen) atoms. The van der Waals surface area contributed by atoms with Gasteiger partial charge in [-0.1, -0.05) is 6.07 Å². The largest absolute Gasteiger partial charge is 0.354 e. The molecule has 0 saturated carbocycles. The lowest BCUT2D eigenvalue weighted by molar-refractivity contribution is -0.384. The third kappa shape index (κ3) is 4.75. The van der Waals surface area contributed by atoms with Crippen molar-refractivity contribution in [1.29, 1.82) is 0 Å². The van der Waals surface area contributed by atoms with E-state index in [-0.39, 0.29) is 21.7 Å². The standard InChI is InChI=1S/C17H12N2O10S2/c1-30(24,25)28-16(20)12-7-9(19(22)23)6-11-10-4-3-5-18-14(10)8-13(15(11)12)17(21)29-31(2,26)27/h3-8H,1-2H3. The Morgan fingerprint density at radius 1 is 0.935 bits per heavy atom. The molecular weight excluding hydrogens is 456 g/mol. The van der Waals surface area contributed by atoms with Crippen LogP contribution < -0.4 is 0 Å². The van der Waals surface area contributed by atoms with E-state index < -0.39 is 53.9 Å². The molecule has 1 aromatic heterocycles. The Morgan fingerprint density at radius 2 is 1.48 bits per heavy atom. The number of carbonyl (C=O) groups is 2. The summed E-state index contributed by atoms with van der Waals surface area (Å²) in [6.45, 7) is 0. The third-order valence-corrected chi connectivity index (χ3v) is 4.82. The van der Waals surface area contributed by atoms with Crippen LogP contribution in [0.3, 0.4) is 0 Å². The zero-order chi connectivity index (χ0) is 23.1. The van der Waals surface area contributed by atoms with Crippen molar-refractivity contribution in [2.45, 2.75) is 0 Å². The van der Waals surface area contributed by atoms with Gasteiger partial charge in [0.1, 0.15) is 0 Å². The zero-order valence-electron chi connectivity index (χ0n) is 15.8. The molecule has 0 atom stereocenters. The number of non-ortho nitro benzene ring substituents is 1. The molecular formula is C17H12N2O10S2. The van der Waals surface area contributed by atoms with Gasteiger partial charge in [-0.05, 0) is 17.5 Å². The Hall–Kier alpha value is -3.65. The van der Waals surface area contributed by atoms with E-state index in [1.807, 2.05) is 0 Å². The molecule has 0 aliphatic rings. The molecule has 162 valence electrons. The number of nitro groups is 1. The number of carbonyl (C=O) groups excluding carboxylic acids is 2. The van der Waals surface area contributed by atoms with Crippen molar-refractivity contribution in [2.75, 3.05) is 12.5 Å². The molecule has 0 N–H and O–H groups in total. The van der Waals surface area contributed by atoms with Crippen molar-refractivity contribution < 1.29 is 39.7 Å². The number of rotatable bonds is 5. The van der Waals surface area contributed by atoms with Gasteiger partial charge in [0.05, 0.1) is 34.1 Å². The maximum atomic E-state index is 12.6. The average molecular weight is 468 g/mol. The number of nitro benzene ring substituents is 1. The van der Waals surface area contributed by atoms with Crippen molar-refractivity contribution in [3.63, 3.8) is 0 Å². The smallest absolute Gasteiger partial charge is 0.341 e. The van der Waals surface area contributed by atoms with Gasteiger partial charge < -0.3 is 8.37 Å². The first kappa shape index (κ1) is 22.0. The van der Waals surface area contributed by atoms with E-state index in [0.717, 1.165) is 18.2 Å². The quantitative estimate of drug-likeness (QED) is 0.229. The van der Waals surface area contributed by atoms with E-state index in [1.165, 1.54) is 18.3 Å². The molecule has 0 aliphatic carbocycles. The van der Waals surface area contributed by atoms with Gasteiger partial charge >= 0.3 is 32.2 Å². The fourth-order valence-electron chi connectivity index (χ4n) is 2.89. The number of aromatic nitrogens is 1. The first-order chi connectivity index (χ1) is 14.3. The van der Waals surface area contributed by atoms with Gasteiger partial charge in [-0.25, -0.2) is 9.59 Å². The Balaban J connectivity index is 2.50. The normalized spacial score (nSPS) is 11.9. The zero-order valence-corrected chi connectivity index (χ0v) is 17.4. The van der Waals surface area contributed by atoms with Crippen LogP contribution in [0.2, 0.25) is 0 Å². The number of pyridine rings is 1. The highest BCUT2D eigenvalue weighted by molar-refractivity contribution is 7.86. The van der Waals surface area contributed by atoms with Crippen LogP contribution in [0, 0.1) is 10.1 Å². The van der Waals surface area contributed by atoms with Crippen molar-refractivity contribution in [3.8, 4) is 0 Å². The minimum atomic E-state index is -4.32. The summed E-state index contributed by atoms with van der Waals surface area (Å²) in [6.07, 6.45) is 2.56. The van der Waals surface area contributed by atoms with Crippen LogP contribution in [0.1, 0.15) is 20.7 Å². The van der Waals surface area contributed by atoms with Crippen molar-refractivity contribution in [3.05, 3.63) is 57.8 Å². The molecule has 0 fully saturated rings. The molecule has 0 bridgehead atoms. The second kappa shape index (κ2) is 7.55. The second-order valence-corrected chi connectivity index (χ2v) is 9.47. The summed E-state index contributed by atoms with van der Waals surface area (Å²) >= 11 is 0. The fraction of sp³-hybridized carbons (Fsp3) is 0.118. The summed E-state index contributed by atoms with van der Waals surface area (Å²) in [4.78, 5) is 39.7.